The fourth-order valence-corrected chi connectivity index (χ4v) is 4.08. The lowest BCUT2D eigenvalue weighted by Gasteiger charge is -2.31. The predicted octanol–water partition coefficient (Wildman–Crippen LogP) is 1.93. The molecule has 1 N–H and O–H groups in total. The molecule has 1 aliphatic heterocycles. The van der Waals surface area contributed by atoms with E-state index >= 15 is 0 Å². The van der Waals surface area contributed by atoms with E-state index in [0.29, 0.717) is 13.0 Å². The summed E-state index contributed by atoms with van der Waals surface area (Å²) in [6.07, 6.45) is 1.44. The number of hydrogen-bond acceptors (Lipinski definition) is 4. The smallest absolute Gasteiger partial charge is 0.224 e. The lowest BCUT2D eigenvalue weighted by molar-refractivity contribution is -0.126. The van der Waals surface area contributed by atoms with Crippen LogP contribution in [0, 0.1) is 5.92 Å². The average Bonchev–Trinajstić information content (AvgIpc) is 2.61. The highest BCUT2D eigenvalue weighted by Crippen LogP contribution is 2.22. The minimum Gasteiger partial charge on any atom is -0.497 e. The topological polar surface area (TPSA) is 75.7 Å². The minimum atomic E-state index is -3.24. The second kappa shape index (κ2) is 7.98. The van der Waals surface area contributed by atoms with E-state index in [1.54, 1.807) is 14.0 Å². The molecule has 24 heavy (non-hydrogen) atoms. The highest BCUT2D eigenvalue weighted by Gasteiger charge is 2.31. The maximum Gasteiger partial charge on any atom is 0.224 e. The number of nitrogens with one attached hydrogen (secondary N) is 1. The monoisotopic (exact) mass is 354 g/mol. The Hall–Kier alpha value is -1.60. The zero-order chi connectivity index (χ0) is 17.7. The third kappa shape index (κ3) is 4.48. The van der Waals surface area contributed by atoms with Gasteiger partial charge in [0.25, 0.3) is 0 Å². The lowest BCUT2D eigenvalue weighted by Crippen LogP contribution is -2.46. The van der Waals surface area contributed by atoms with E-state index in [2.05, 4.69) is 5.32 Å². The van der Waals surface area contributed by atoms with Gasteiger partial charge in [-0.1, -0.05) is 12.1 Å². The number of hydrogen-bond donors (Lipinski definition) is 1. The molecule has 0 bridgehead atoms. The molecule has 1 aromatic carbocycles. The summed E-state index contributed by atoms with van der Waals surface area (Å²) in [6, 6.07) is 7.40. The Balaban J connectivity index is 1.98. The fourth-order valence-electron chi connectivity index (χ4n) is 2.90. The van der Waals surface area contributed by atoms with Crippen LogP contribution in [0.3, 0.4) is 0 Å². The third-order valence-corrected chi connectivity index (χ3v) is 6.34. The molecule has 0 radical (unpaired) electrons. The molecule has 6 nitrogen and oxygen atoms in total. The van der Waals surface area contributed by atoms with Gasteiger partial charge in [-0.3, -0.25) is 4.79 Å². The van der Waals surface area contributed by atoms with Gasteiger partial charge in [0.2, 0.25) is 15.9 Å². The summed E-state index contributed by atoms with van der Waals surface area (Å²) in [5, 5.41) is 2.99. The molecule has 1 amide bonds. The Labute approximate surface area is 144 Å². The van der Waals surface area contributed by atoms with Gasteiger partial charge in [-0.25, -0.2) is 12.7 Å². The first-order valence-corrected chi connectivity index (χ1v) is 9.90. The first-order chi connectivity index (χ1) is 11.4. The summed E-state index contributed by atoms with van der Waals surface area (Å²) in [7, 11) is -1.63. The summed E-state index contributed by atoms with van der Waals surface area (Å²) in [6.45, 7) is 4.33. The molecule has 134 valence electrons. The van der Waals surface area contributed by atoms with E-state index in [0.717, 1.165) is 17.7 Å². The van der Waals surface area contributed by atoms with Crippen molar-refractivity contribution < 1.29 is 17.9 Å². The number of rotatable bonds is 6. The van der Waals surface area contributed by atoms with E-state index in [9.17, 15) is 13.2 Å². The fraction of sp³-hybridized carbons (Fsp3) is 0.588. The molecular formula is C17H26N2O4S. The van der Waals surface area contributed by atoms with Gasteiger partial charge in [0, 0.05) is 13.1 Å². The van der Waals surface area contributed by atoms with E-state index in [4.69, 9.17) is 4.74 Å². The number of methoxy groups -OCH3 is 1. The maximum absolute atomic E-state index is 12.5. The van der Waals surface area contributed by atoms with Gasteiger partial charge >= 0.3 is 0 Å². The third-order valence-electron chi connectivity index (χ3n) is 4.49. The van der Waals surface area contributed by atoms with Crippen molar-refractivity contribution in [1.29, 1.82) is 0 Å². The number of ether oxygens (including phenoxy) is 1. The molecule has 1 aliphatic rings. The quantitative estimate of drug-likeness (QED) is 0.847. The van der Waals surface area contributed by atoms with Gasteiger partial charge in [0.05, 0.1) is 24.8 Å². The first-order valence-electron chi connectivity index (χ1n) is 8.29. The van der Waals surface area contributed by atoms with E-state index in [1.165, 1.54) is 4.31 Å². The van der Waals surface area contributed by atoms with Crippen LogP contribution in [0.1, 0.15) is 38.3 Å². The Bertz CT molecular complexity index is 658. The van der Waals surface area contributed by atoms with Gasteiger partial charge in [0.15, 0.2) is 0 Å². The molecule has 1 saturated heterocycles. The molecule has 0 unspecified atom stereocenters. The van der Waals surface area contributed by atoms with Gasteiger partial charge in [0.1, 0.15) is 5.75 Å². The number of sulfonamides is 1. The number of carbonyl (C=O) groups is 1. The maximum atomic E-state index is 12.5. The largest absolute Gasteiger partial charge is 0.497 e. The summed E-state index contributed by atoms with van der Waals surface area (Å²) in [4.78, 5) is 12.5. The van der Waals surface area contributed by atoms with Crippen molar-refractivity contribution in [1.82, 2.24) is 9.62 Å². The van der Waals surface area contributed by atoms with Crippen LogP contribution in [-0.2, 0) is 14.8 Å². The second-order valence-electron chi connectivity index (χ2n) is 6.10. The zero-order valence-corrected chi connectivity index (χ0v) is 15.3. The van der Waals surface area contributed by atoms with Crippen molar-refractivity contribution >= 4 is 15.9 Å². The van der Waals surface area contributed by atoms with Crippen LogP contribution in [0.4, 0.5) is 0 Å². The second-order valence-corrected chi connectivity index (χ2v) is 8.36. The van der Waals surface area contributed by atoms with Crippen molar-refractivity contribution in [3.8, 4) is 5.75 Å². The summed E-state index contributed by atoms with van der Waals surface area (Å²) >= 11 is 0. The normalized spacial score (nSPS) is 20.4. The Kier molecular flexibility index (Phi) is 6.23. The summed E-state index contributed by atoms with van der Waals surface area (Å²) in [5.74, 6) is 0.462. The average molecular weight is 354 g/mol. The number of benzene rings is 1. The molecule has 0 aliphatic carbocycles. The van der Waals surface area contributed by atoms with Crippen LogP contribution in [0.5, 0.6) is 5.75 Å². The molecular weight excluding hydrogens is 328 g/mol. The minimum absolute atomic E-state index is 0.0730. The summed E-state index contributed by atoms with van der Waals surface area (Å²) in [5.41, 5.74) is 0.984. The van der Waals surface area contributed by atoms with Crippen molar-refractivity contribution in [2.75, 3.05) is 26.0 Å². The van der Waals surface area contributed by atoms with Gasteiger partial charge in [-0.05, 0) is 44.4 Å². The molecule has 0 saturated carbocycles. The Morgan fingerprint density at radius 2 is 2.04 bits per heavy atom. The number of carbonyl (C=O) groups excluding carboxylic acids is 1. The molecule has 1 fully saturated rings. The van der Waals surface area contributed by atoms with Crippen LogP contribution in [0.25, 0.3) is 0 Å². The van der Waals surface area contributed by atoms with E-state index in [1.807, 2.05) is 31.2 Å². The standard InChI is InChI=1S/C17H26N2O4S/c1-4-24(21,22)19-11-5-6-15(12-19)17(20)18-13(2)14-7-9-16(23-3)10-8-14/h7-10,13,15H,4-6,11-12H2,1-3H3,(H,18,20)/t13-,15-/m1/s1. The number of nitrogens with zero attached hydrogens (tertiary/aromatic N) is 1. The van der Waals surface area contributed by atoms with Crippen LogP contribution >= 0.6 is 0 Å². The van der Waals surface area contributed by atoms with Crippen molar-refractivity contribution in [3.63, 3.8) is 0 Å². The van der Waals surface area contributed by atoms with Gasteiger partial charge in [-0.2, -0.15) is 0 Å². The van der Waals surface area contributed by atoms with E-state index in [-0.39, 0.29) is 30.2 Å². The van der Waals surface area contributed by atoms with Crippen molar-refractivity contribution in [2.24, 2.45) is 5.92 Å². The molecule has 2 atom stereocenters. The van der Waals surface area contributed by atoms with Gasteiger partial charge < -0.3 is 10.1 Å². The molecule has 1 heterocycles. The van der Waals surface area contributed by atoms with Crippen LogP contribution in [-0.4, -0.2) is 44.6 Å². The lowest BCUT2D eigenvalue weighted by atomic mass is 9.98. The van der Waals surface area contributed by atoms with Crippen LogP contribution in [0.2, 0.25) is 0 Å². The SMILES string of the molecule is CCS(=O)(=O)N1CCC[C@@H](C(=O)N[C@H](C)c2ccc(OC)cc2)C1. The highest BCUT2D eigenvalue weighted by atomic mass is 32.2. The number of piperidine rings is 1. The first kappa shape index (κ1) is 18.7. The highest BCUT2D eigenvalue weighted by molar-refractivity contribution is 7.89. The summed E-state index contributed by atoms with van der Waals surface area (Å²) < 4.78 is 30.6. The molecule has 0 spiro atoms. The molecule has 1 aromatic rings. The number of amides is 1. The molecule has 0 aromatic heterocycles. The van der Waals surface area contributed by atoms with Gasteiger partial charge in [-0.15, -0.1) is 0 Å². The van der Waals surface area contributed by atoms with Crippen molar-refractivity contribution in [2.45, 2.75) is 32.7 Å². The zero-order valence-electron chi connectivity index (χ0n) is 14.5. The van der Waals surface area contributed by atoms with E-state index < -0.39 is 10.0 Å². The van der Waals surface area contributed by atoms with Crippen LogP contribution in [0.15, 0.2) is 24.3 Å². The van der Waals surface area contributed by atoms with Crippen LogP contribution < -0.4 is 10.1 Å². The predicted molar refractivity (Wildman–Crippen MR) is 93.3 cm³/mol. The molecule has 2 rings (SSSR count). The molecule has 7 heteroatoms. The van der Waals surface area contributed by atoms with Crippen molar-refractivity contribution in [3.05, 3.63) is 29.8 Å². The Morgan fingerprint density at radius 3 is 2.62 bits per heavy atom. The Morgan fingerprint density at radius 1 is 1.38 bits per heavy atom.